The third kappa shape index (κ3) is 3.45. The highest BCUT2D eigenvalue weighted by Gasteiger charge is 2.18. The largest absolute Gasteiger partial charge is 0.327 e. The number of nitrogens with two attached hydrogens (primary N) is 1. The number of nitrogens with zero attached hydrogens (tertiary/aromatic N) is 2. The van der Waals surface area contributed by atoms with Crippen molar-refractivity contribution < 1.29 is 0 Å². The van der Waals surface area contributed by atoms with Crippen LogP contribution in [0.1, 0.15) is 17.7 Å². The van der Waals surface area contributed by atoms with E-state index in [1.54, 1.807) is 30.4 Å². The number of pyridine rings is 2. The molecule has 0 saturated carbocycles. The first-order valence-corrected chi connectivity index (χ1v) is 6.86. The van der Waals surface area contributed by atoms with Crippen molar-refractivity contribution in [2.45, 2.75) is 23.2 Å². The second-order valence-electron chi connectivity index (χ2n) is 3.99. The molecule has 0 saturated heterocycles. The highest BCUT2D eigenvalue weighted by molar-refractivity contribution is 7.99. The Bertz CT molecular complexity index is 487. The van der Waals surface area contributed by atoms with Gasteiger partial charge in [-0.2, -0.15) is 0 Å². The van der Waals surface area contributed by atoms with Crippen LogP contribution in [0, 0.1) is 0 Å². The molecule has 3 nitrogen and oxygen atoms in total. The first-order chi connectivity index (χ1) is 8.66. The van der Waals surface area contributed by atoms with Crippen LogP contribution in [0.15, 0.2) is 47.9 Å². The molecule has 2 atom stereocenters. The maximum atomic E-state index is 6.05. The Hall–Kier alpha value is -1.10. The molecule has 2 heterocycles. The standard InChI is InChI=1S/C13H14ClN3S/c1-9(15)13(10-4-6-16-7-5-10)18-12-3-2-11(14)8-17-12/h2-9,13H,15H2,1H3. The van der Waals surface area contributed by atoms with E-state index in [1.165, 1.54) is 0 Å². The van der Waals surface area contributed by atoms with E-state index in [0.717, 1.165) is 10.6 Å². The zero-order chi connectivity index (χ0) is 13.0. The second-order valence-corrected chi connectivity index (χ2v) is 5.59. The quantitative estimate of drug-likeness (QED) is 0.873. The number of thioether (sulfide) groups is 1. The van der Waals surface area contributed by atoms with Gasteiger partial charge in [-0.3, -0.25) is 4.98 Å². The van der Waals surface area contributed by atoms with Crippen molar-refractivity contribution in [2.24, 2.45) is 5.73 Å². The Morgan fingerprint density at radius 2 is 1.94 bits per heavy atom. The normalized spacial score (nSPS) is 14.2. The van der Waals surface area contributed by atoms with Gasteiger partial charge in [0.25, 0.3) is 0 Å². The van der Waals surface area contributed by atoms with Gasteiger partial charge in [-0.05, 0) is 36.8 Å². The van der Waals surface area contributed by atoms with Gasteiger partial charge >= 0.3 is 0 Å². The van der Waals surface area contributed by atoms with Crippen LogP contribution in [0.2, 0.25) is 5.02 Å². The van der Waals surface area contributed by atoms with Crippen molar-refractivity contribution in [1.82, 2.24) is 9.97 Å². The minimum atomic E-state index is 0.0230. The summed E-state index contributed by atoms with van der Waals surface area (Å²) in [5, 5.41) is 1.71. The minimum Gasteiger partial charge on any atom is -0.327 e. The lowest BCUT2D eigenvalue weighted by Crippen LogP contribution is -2.22. The maximum absolute atomic E-state index is 6.05. The molecule has 0 aliphatic rings. The third-order valence-corrected chi connectivity index (χ3v) is 4.12. The van der Waals surface area contributed by atoms with Gasteiger partial charge in [0.1, 0.15) is 0 Å². The van der Waals surface area contributed by atoms with Crippen molar-refractivity contribution in [2.75, 3.05) is 0 Å². The molecule has 18 heavy (non-hydrogen) atoms. The van der Waals surface area contributed by atoms with Gasteiger partial charge < -0.3 is 5.73 Å². The Balaban J connectivity index is 2.19. The molecule has 0 bridgehead atoms. The lowest BCUT2D eigenvalue weighted by molar-refractivity contribution is 0.719. The zero-order valence-electron chi connectivity index (χ0n) is 9.95. The summed E-state index contributed by atoms with van der Waals surface area (Å²) in [5.74, 6) is 0. The molecule has 0 aliphatic carbocycles. The van der Waals surface area contributed by atoms with E-state index < -0.39 is 0 Å². The van der Waals surface area contributed by atoms with Gasteiger partial charge in [-0.15, -0.1) is 0 Å². The van der Waals surface area contributed by atoms with E-state index in [9.17, 15) is 0 Å². The van der Waals surface area contributed by atoms with E-state index in [1.807, 2.05) is 31.2 Å². The predicted molar refractivity (Wildman–Crippen MR) is 75.7 cm³/mol. The van der Waals surface area contributed by atoms with Crippen LogP contribution in [0.5, 0.6) is 0 Å². The Morgan fingerprint density at radius 1 is 1.22 bits per heavy atom. The summed E-state index contributed by atoms with van der Waals surface area (Å²) in [4.78, 5) is 8.31. The number of halogens is 1. The molecule has 2 rings (SSSR count). The number of hydrogen-bond acceptors (Lipinski definition) is 4. The van der Waals surface area contributed by atoms with E-state index in [4.69, 9.17) is 17.3 Å². The van der Waals surface area contributed by atoms with Crippen LogP contribution in [0.3, 0.4) is 0 Å². The summed E-state index contributed by atoms with van der Waals surface area (Å²) in [5.41, 5.74) is 7.21. The molecule has 2 aromatic rings. The van der Waals surface area contributed by atoms with Crippen LogP contribution in [-0.4, -0.2) is 16.0 Å². The molecule has 2 N–H and O–H groups in total. The van der Waals surface area contributed by atoms with Crippen molar-refractivity contribution in [3.63, 3.8) is 0 Å². The first-order valence-electron chi connectivity index (χ1n) is 5.60. The molecule has 5 heteroatoms. The summed E-state index contributed by atoms with van der Waals surface area (Å²) in [7, 11) is 0. The Labute approximate surface area is 116 Å². The molecule has 2 unspecified atom stereocenters. The molecule has 0 amide bonds. The molecule has 0 aliphatic heterocycles. The third-order valence-electron chi connectivity index (χ3n) is 2.46. The fourth-order valence-corrected chi connectivity index (χ4v) is 2.73. The molecular weight excluding hydrogens is 266 g/mol. The molecule has 0 fully saturated rings. The van der Waals surface area contributed by atoms with Crippen LogP contribution >= 0.6 is 23.4 Å². The van der Waals surface area contributed by atoms with Crippen LogP contribution in [0.4, 0.5) is 0 Å². The van der Waals surface area contributed by atoms with Gasteiger partial charge in [0.15, 0.2) is 0 Å². The average molecular weight is 280 g/mol. The van der Waals surface area contributed by atoms with Crippen LogP contribution in [-0.2, 0) is 0 Å². The van der Waals surface area contributed by atoms with Gasteiger partial charge in [-0.25, -0.2) is 4.98 Å². The molecule has 0 aromatic carbocycles. The summed E-state index contributed by atoms with van der Waals surface area (Å²) >= 11 is 7.46. The second kappa shape index (κ2) is 6.18. The van der Waals surface area contributed by atoms with Crippen molar-refractivity contribution >= 4 is 23.4 Å². The summed E-state index contributed by atoms with van der Waals surface area (Å²) in [6, 6.07) is 7.73. The summed E-state index contributed by atoms with van der Waals surface area (Å²) in [6.45, 7) is 1.99. The summed E-state index contributed by atoms with van der Waals surface area (Å²) in [6.07, 6.45) is 5.20. The minimum absolute atomic E-state index is 0.0230. The van der Waals surface area contributed by atoms with E-state index in [-0.39, 0.29) is 11.3 Å². The lowest BCUT2D eigenvalue weighted by Gasteiger charge is -2.20. The van der Waals surface area contributed by atoms with E-state index in [2.05, 4.69) is 9.97 Å². The van der Waals surface area contributed by atoms with E-state index in [0.29, 0.717) is 5.02 Å². The van der Waals surface area contributed by atoms with Crippen molar-refractivity contribution in [3.8, 4) is 0 Å². The van der Waals surface area contributed by atoms with Crippen molar-refractivity contribution in [3.05, 3.63) is 53.4 Å². The first kappa shape index (κ1) is 13.3. The molecule has 94 valence electrons. The summed E-state index contributed by atoms with van der Waals surface area (Å²) < 4.78 is 0. The van der Waals surface area contributed by atoms with Gasteiger partial charge in [0.05, 0.1) is 15.3 Å². The Kier molecular flexibility index (Phi) is 4.58. The molecule has 2 aromatic heterocycles. The maximum Gasteiger partial charge on any atom is 0.0967 e. The highest BCUT2D eigenvalue weighted by Crippen LogP contribution is 2.35. The Morgan fingerprint density at radius 3 is 2.50 bits per heavy atom. The lowest BCUT2D eigenvalue weighted by atomic mass is 10.1. The fourth-order valence-electron chi connectivity index (χ4n) is 1.59. The molecule has 0 spiro atoms. The fraction of sp³-hybridized carbons (Fsp3) is 0.231. The number of aromatic nitrogens is 2. The molecular formula is C13H14ClN3S. The topological polar surface area (TPSA) is 51.8 Å². The van der Waals surface area contributed by atoms with E-state index >= 15 is 0 Å². The van der Waals surface area contributed by atoms with Gasteiger partial charge in [-0.1, -0.05) is 23.4 Å². The monoisotopic (exact) mass is 279 g/mol. The molecule has 0 radical (unpaired) electrons. The smallest absolute Gasteiger partial charge is 0.0967 e. The van der Waals surface area contributed by atoms with Gasteiger partial charge in [0.2, 0.25) is 0 Å². The number of rotatable bonds is 4. The van der Waals surface area contributed by atoms with Gasteiger partial charge in [0, 0.05) is 24.6 Å². The average Bonchev–Trinajstić information content (AvgIpc) is 2.38. The zero-order valence-corrected chi connectivity index (χ0v) is 11.5. The highest BCUT2D eigenvalue weighted by atomic mass is 35.5. The SMILES string of the molecule is CC(N)C(Sc1ccc(Cl)cn1)c1ccncc1. The predicted octanol–water partition coefficient (Wildman–Crippen LogP) is 3.31. The van der Waals surface area contributed by atoms with Crippen molar-refractivity contribution in [1.29, 1.82) is 0 Å². The van der Waals surface area contributed by atoms with Crippen LogP contribution in [0.25, 0.3) is 0 Å². The van der Waals surface area contributed by atoms with Crippen LogP contribution < -0.4 is 5.73 Å². The number of hydrogen-bond donors (Lipinski definition) is 1.